The second kappa shape index (κ2) is 6.74. The van der Waals surface area contributed by atoms with Gasteiger partial charge in [0.05, 0.1) is 17.2 Å². The molecule has 1 heterocycles. The molecule has 0 fully saturated rings. The first-order valence-electron chi connectivity index (χ1n) is 6.84. The summed E-state index contributed by atoms with van der Waals surface area (Å²) in [5.74, 6) is 0.133. The third kappa shape index (κ3) is 4.17. The van der Waals surface area contributed by atoms with Crippen molar-refractivity contribution in [3.8, 4) is 11.5 Å². The number of amides is 1. The molecule has 6 nitrogen and oxygen atoms in total. The number of oxazole rings is 1. The summed E-state index contributed by atoms with van der Waals surface area (Å²) in [6.07, 6.45) is -0.0543. The Hall–Kier alpha value is -2.15. The van der Waals surface area contributed by atoms with E-state index in [1.807, 2.05) is 30.3 Å². The second-order valence-electron chi connectivity index (χ2n) is 4.90. The van der Waals surface area contributed by atoms with Crippen molar-refractivity contribution >= 4 is 15.7 Å². The number of rotatable bonds is 6. The van der Waals surface area contributed by atoms with Gasteiger partial charge in [-0.2, -0.15) is 0 Å². The number of carbonyl (C=O) groups is 1. The van der Waals surface area contributed by atoms with Crippen LogP contribution in [0.4, 0.5) is 0 Å². The van der Waals surface area contributed by atoms with Crippen LogP contribution in [0.15, 0.2) is 34.7 Å². The van der Waals surface area contributed by atoms with Crippen LogP contribution in [-0.4, -0.2) is 32.1 Å². The molecule has 1 aromatic heterocycles. The van der Waals surface area contributed by atoms with Crippen molar-refractivity contribution in [1.82, 2.24) is 10.3 Å². The average Bonchev–Trinajstić information content (AvgIpc) is 2.86. The first kappa shape index (κ1) is 16.2. The van der Waals surface area contributed by atoms with Gasteiger partial charge in [-0.25, -0.2) is 13.4 Å². The van der Waals surface area contributed by atoms with Crippen molar-refractivity contribution in [2.75, 3.05) is 12.8 Å². The van der Waals surface area contributed by atoms with Gasteiger partial charge in [-0.1, -0.05) is 18.2 Å². The maximum atomic E-state index is 12.1. The SMILES string of the molecule is CNC(=O)CCS(=O)(=O)Cc1nc(-c2ccccc2)oc1C. The summed E-state index contributed by atoms with van der Waals surface area (Å²) in [7, 11) is -1.94. The minimum absolute atomic E-state index is 0.0543. The molecule has 2 aromatic rings. The molecule has 0 aliphatic heterocycles. The minimum Gasteiger partial charge on any atom is -0.441 e. The smallest absolute Gasteiger partial charge is 0.226 e. The van der Waals surface area contributed by atoms with Crippen molar-refractivity contribution in [2.24, 2.45) is 0 Å². The van der Waals surface area contributed by atoms with Crippen LogP contribution >= 0.6 is 0 Å². The van der Waals surface area contributed by atoms with Gasteiger partial charge in [0.2, 0.25) is 11.8 Å². The molecule has 0 radical (unpaired) electrons. The minimum atomic E-state index is -3.41. The molecule has 2 rings (SSSR count). The monoisotopic (exact) mass is 322 g/mol. The van der Waals surface area contributed by atoms with Gasteiger partial charge in [-0.3, -0.25) is 4.79 Å². The van der Waals surface area contributed by atoms with Gasteiger partial charge in [-0.05, 0) is 19.1 Å². The van der Waals surface area contributed by atoms with Crippen LogP contribution in [0.2, 0.25) is 0 Å². The lowest BCUT2D eigenvalue weighted by atomic mass is 10.2. The summed E-state index contributed by atoms with van der Waals surface area (Å²) < 4.78 is 29.7. The second-order valence-corrected chi connectivity index (χ2v) is 7.09. The zero-order chi connectivity index (χ0) is 16.2. The highest BCUT2D eigenvalue weighted by Gasteiger charge is 2.19. The quantitative estimate of drug-likeness (QED) is 0.874. The number of aryl methyl sites for hydroxylation is 1. The summed E-state index contributed by atoms with van der Waals surface area (Å²) in [5, 5.41) is 2.40. The molecule has 0 atom stereocenters. The Labute approximate surface area is 129 Å². The van der Waals surface area contributed by atoms with E-state index in [2.05, 4.69) is 10.3 Å². The van der Waals surface area contributed by atoms with E-state index in [9.17, 15) is 13.2 Å². The van der Waals surface area contributed by atoms with Gasteiger partial charge < -0.3 is 9.73 Å². The predicted octanol–water partition coefficient (Wildman–Crippen LogP) is 1.70. The number of sulfone groups is 1. The molecule has 0 aliphatic rings. The summed E-state index contributed by atoms with van der Waals surface area (Å²) in [6.45, 7) is 1.68. The fourth-order valence-electron chi connectivity index (χ4n) is 1.92. The lowest BCUT2D eigenvalue weighted by Crippen LogP contribution is -2.22. The molecule has 0 unspecified atom stereocenters. The van der Waals surface area contributed by atoms with Crippen LogP contribution in [-0.2, 0) is 20.4 Å². The number of hydrogen-bond acceptors (Lipinski definition) is 5. The summed E-state index contributed by atoms with van der Waals surface area (Å²) in [6, 6.07) is 9.27. The van der Waals surface area contributed by atoms with Crippen molar-refractivity contribution in [3.05, 3.63) is 41.8 Å². The van der Waals surface area contributed by atoms with Gasteiger partial charge in [0.15, 0.2) is 9.84 Å². The standard InChI is InChI=1S/C15H18N2O4S/c1-11-13(10-22(19,20)9-8-14(18)16-2)17-15(21-11)12-6-4-3-5-7-12/h3-7H,8-10H2,1-2H3,(H,16,18). The average molecular weight is 322 g/mol. The summed E-state index contributed by atoms with van der Waals surface area (Å²) in [4.78, 5) is 15.4. The number of aromatic nitrogens is 1. The Morgan fingerprint density at radius 1 is 1.27 bits per heavy atom. The lowest BCUT2D eigenvalue weighted by Gasteiger charge is -2.02. The highest BCUT2D eigenvalue weighted by atomic mass is 32.2. The first-order valence-corrected chi connectivity index (χ1v) is 8.66. The first-order chi connectivity index (χ1) is 10.4. The Balaban J connectivity index is 2.13. The number of carbonyl (C=O) groups excluding carboxylic acids is 1. The molecule has 1 N–H and O–H groups in total. The molecule has 0 saturated heterocycles. The Morgan fingerprint density at radius 2 is 1.95 bits per heavy atom. The summed E-state index contributed by atoms with van der Waals surface area (Å²) in [5.41, 5.74) is 1.18. The highest BCUT2D eigenvalue weighted by molar-refractivity contribution is 7.90. The van der Waals surface area contributed by atoms with Gasteiger partial charge in [0.1, 0.15) is 5.76 Å². The number of benzene rings is 1. The van der Waals surface area contributed by atoms with E-state index in [4.69, 9.17) is 4.42 Å². The molecule has 1 aromatic carbocycles. The van der Waals surface area contributed by atoms with Crippen LogP contribution in [0, 0.1) is 6.92 Å². The zero-order valence-corrected chi connectivity index (χ0v) is 13.3. The topological polar surface area (TPSA) is 89.3 Å². The van der Waals surface area contributed by atoms with Gasteiger partial charge in [0.25, 0.3) is 0 Å². The van der Waals surface area contributed by atoms with Crippen LogP contribution < -0.4 is 5.32 Å². The molecule has 118 valence electrons. The van der Waals surface area contributed by atoms with Crippen molar-refractivity contribution in [3.63, 3.8) is 0 Å². The van der Waals surface area contributed by atoms with Gasteiger partial charge in [0, 0.05) is 19.0 Å². The normalized spacial score (nSPS) is 11.4. The number of nitrogens with one attached hydrogen (secondary N) is 1. The number of nitrogens with zero attached hydrogens (tertiary/aromatic N) is 1. The fraction of sp³-hybridized carbons (Fsp3) is 0.333. The predicted molar refractivity (Wildman–Crippen MR) is 82.9 cm³/mol. The van der Waals surface area contributed by atoms with E-state index in [0.717, 1.165) is 5.56 Å². The maximum Gasteiger partial charge on any atom is 0.226 e. The lowest BCUT2D eigenvalue weighted by molar-refractivity contribution is -0.120. The summed E-state index contributed by atoms with van der Waals surface area (Å²) >= 11 is 0. The highest BCUT2D eigenvalue weighted by Crippen LogP contribution is 2.22. The van der Waals surface area contributed by atoms with E-state index in [1.165, 1.54) is 7.05 Å². The third-order valence-electron chi connectivity index (χ3n) is 3.19. The third-order valence-corrected chi connectivity index (χ3v) is 4.73. The molecule has 0 aliphatic carbocycles. The van der Waals surface area contributed by atoms with Gasteiger partial charge >= 0.3 is 0 Å². The van der Waals surface area contributed by atoms with Crippen molar-refractivity contribution in [1.29, 1.82) is 0 Å². The molecule has 7 heteroatoms. The van der Waals surface area contributed by atoms with E-state index in [0.29, 0.717) is 17.3 Å². The molecule has 0 bridgehead atoms. The molecule has 1 amide bonds. The molecular weight excluding hydrogens is 304 g/mol. The Bertz CT molecular complexity index is 751. The molecule has 0 spiro atoms. The van der Waals surface area contributed by atoms with Crippen LogP contribution in [0.5, 0.6) is 0 Å². The fourth-order valence-corrected chi connectivity index (χ4v) is 3.24. The molecule has 0 saturated carbocycles. The van der Waals surface area contributed by atoms with Crippen LogP contribution in [0.1, 0.15) is 17.9 Å². The van der Waals surface area contributed by atoms with E-state index in [1.54, 1.807) is 6.92 Å². The van der Waals surface area contributed by atoms with Crippen molar-refractivity contribution < 1.29 is 17.6 Å². The van der Waals surface area contributed by atoms with Gasteiger partial charge in [-0.15, -0.1) is 0 Å². The Kier molecular flexibility index (Phi) is 4.97. The molecule has 22 heavy (non-hydrogen) atoms. The Morgan fingerprint density at radius 3 is 2.59 bits per heavy atom. The largest absolute Gasteiger partial charge is 0.441 e. The maximum absolute atomic E-state index is 12.1. The van der Waals surface area contributed by atoms with E-state index < -0.39 is 9.84 Å². The van der Waals surface area contributed by atoms with Crippen LogP contribution in [0.25, 0.3) is 11.5 Å². The van der Waals surface area contributed by atoms with E-state index >= 15 is 0 Å². The van der Waals surface area contributed by atoms with E-state index in [-0.39, 0.29) is 23.8 Å². The zero-order valence-electron chi connectivity index (χ0n) is 12.5. The van der Waals surface area contributed by atoms with Crippen molar-refractivity contribution in [2.45, 2.75) is 19.1 Å². The molecular formula is C15H18N2O4S. The number of hydrogen-bond donors (Lipinski definition) is 1. The van der Waals surface area contributed by atoms with Crippen LogP contribution in [0.3, 0.4) is 0 Å².